The van der Waals surface area contributed by atoms with Gasteiger partial charge in [-0.3, -0.25) is 0 Å². The summed E-state index contributed by atoms with van der Waals surface area (Å²) in [5.41, 5.74) is -0.384. The van der Waals surface area contributed by atoms with Crippen LogP contribution >= 0.6 is 0 Å². The first-order valence-electron chi connectivity index (χ1n) is 16.9. The average molecular weight is 585 g/mol. The number of hydrogen-bond acceptors (Lipinski definition) is 3. The van der Waals surface area contributed by atoms with Crippen LogP contribution in [0.3, 0.4) is 0 Å². The summed E-state index contributed by atoms with van der Waals surface area (Å²) < 4.78 is 0. The third kappa shape index (κ3) is 9.38. The molecule has 3 N–H and O–H groups in total. The zero-order valence-electron chi connectivity index (χ0n) is 26.7. The predicted octanol–water partition coefficient (Wildman–Crippen LogP) is 9.53. The summed E-state index contributed by atoms with van der Waals surface area (Å²) in [5, 5.41) is 37.0. The highest BCUT2D eigenvalue weighted by molar-refractivity contribution is 5.53. The van der Waals surface area contributed by atoms with Crippen molar-refractivity contribution in [2.45, 2.75) is 127 Å². The van der Waals surface area contributed by atoms with Crippen LogP contribution in [0.5, 0.6) is 0 Å². The van der Waals surface area contributed by atoms with Gasteiger partial charge in [-0.2, -0.15) is 0 Å². The van der Waals surface area contributed by atoms with E-state index in [2.05, 4.69) is 13.8 Å². The van der Waals surface area contributed by atoms with Crippen LogP contribution in [-0.4, -0.2) is 33.1 Å². The summed E-state index contributed by atoms with van der Waals surface area (Å²) in [4.78, 5) is 0. The number of hydrogen-bond donors (Lipinski definition) is 3. The first-order valence-corrected chi connectivity index (χ1v) is 16.9. The smallest absolute Gasteiger partial charge is 0.136 e. The average Bonchev–Trinajstić information content (AvgIpc) is 3.05. The number of benzene rings is 3. The Kier molecular flexibility index (Phi) is 15.2. The van der Waals surface area contributed by atoms with Crippen molar-refractivity contribution in [1.82, 2.24) is 0 Å². The molecule has 3 rings (SSSR count). The fraction of sp³-hybridized carbons (Fsp3) is 0.500. The molecule has 3 atom stereocenters. The van der Waals surface area contributed by atoms with Crippen LogP contribution < -0.4 is 0 Å². The van der Waals surface area contributed by atoms with Gasteiger partial charge in [0.05, 0.1) is 11.5 Å². The molecule has 0 aliphatic heterocycles. The molecule has 3 heteroatoms. The maximum absolute atomic E-state index is 12.7. The predicted molar refractivity (Wildman–Crippen MR) is 181 cm³/mol. The number of aliphatic hydroxyl groups excluding tert-OH is 2. The second-order valence-electron chi connectivity index (χ2n) is 12.2. The molecule has 234 valence electrons. The van der Waals surface area contributed by atoms with Crippen molar-refractivity contribution in [3.63, 3.8) is 0 Å². The van der Waals surface area contributed by atoms with E-state index in [-0.39, 0.29) is 0 Å². The second-order valence-corrected chi connectivity index (χ2v) is 12.2. The summed E-state index contributed by atoms with van der Waals surface area (Å²) in [7, 11) is 0. The van der Waals surface area contributed by atoms with Crippen LogP contribution in [0.1, 0.15) is 120 Å². The minimum absolute atomic E-state index is 0.427. The molecule has 0 amide bonds. The second kappa shape index (κ2) is 18.8. The molecule has 0 aliphatic carbocycles. The number of allylic oxidation sites excluding steroid dienone is 1. The highest BCUT2D eigenvalue weighted by Gasteiger charge is 2.54. The number of aliphatic hydroxyl groups is 3. The zero-order chi connectivity index (χ0) is 30.8. The molecule has 0 aliphatic rings. The van der Waals surface area contributed by atoms with E-state index < -0.39 is 23.2 Å². The quantitative estimate of drug-likeness (QED) is 0.0664. The van der Waals surface area contributed by atoms with Crippen molar-refractivity contribution in [3.05, 3.63) is 120 Å². The highest BCUT2D eigenvalue weighted by Crippen LogP contribution is 2.47. The minimum Gasteiger partial charge on any atom is -0.390 e. The first kappa shape index (κ1) is 34.8. The number of unbranched alkanes of at least 4 members (excludes halogenated alkanes) is 11. The SMILES string of the molecule is CCCCC=CC(O)(C(O)CCCCCCCCCCCC)C(O)C(c1ccccc1)(c1ccccc1)c1ccccc1. The van der Waals surface area contributed by atoms with Crippen LogP contribution in [0.25, 0.3) is 0 Å². The molecule has 3 nitrogen and oxygen atoms in total. The molecule has 0 radical (unpaired) electrons. The molecule has 3 aromatic carbocycles. The first-order chi connectivity index (χ1) is 21.0. The molecule has 0 aromatic heterocycles. The van der Waals surface area contributed by atoms with Gasteiger partial charge in [0.1, 0.15) is 11.7 Å². The zero-order valence-corrected chi connectivity index (χ0v) is 26.7. The summed E-state index contributed by atoms with van der Waals surface area (Å²) in [6, 6.07) is 29.8. The van der Waals surface area contributed by atoms with Gasteiger partial charge in [0, 0.05) is 0 Å². The van der Waals surface area contributed by atoms with Gasteiger partial charge >= 0.3 is 0 Å². The lowest BCUT2D eigenvalue weighted by Gasteiger charge is -2.47. The van der Waals surface area contributed by atoms with Crippen molar-refractivity contribution in [3.8, 4) is 0 Å². The molecule has 3 aromatic rings. The van der Waals surface area contributed by atoms with Gasteiger partial charge in [0.2, 0.25) is 0 Å². The van der Waals surface area contributed by atoms with Crippen LogP contribution in [0.4, 0.5) is 0 Å². The van der Waals surface area contributed by atoms with Crippen LogP contribution in [0.2, 0.25) is 0 Å². The van der Waals surface area contributed by atoms with Crippen molar-refractivity contribution >= 4 is 0 Å². The lowest BCUT2D eigenvalue weighted by molar-refractivity contribution is -0.132. The maximum atomic E-state index is 12.7. The molecule has 43 heavy (non-hydrogen) atoms. The van der Waals surface area contributed by atoms with Crippen molar-refractivity contribution in [2.75, 3.05) is 0 Å². The summed E-state index contributed by atoms with van der Waals surface area (Å²) in [6.45, 7) is 4.39. The van der Waals surface area contributed by atoms with E-state index in [4.69, 9.17) is 0 Å². The normalized spacial score (nSPS) is 14.9. The Morgan fingerprint density at radius 2 is 0.953 bits per heavy atom. The van der Waals surface area contributed by atoms with Crippen LogP contribution in [0, 0.1) is 0 Å². The Bertz CT molecular complexity index is 1050. The largest absolute Gasteiger partial charge is 0.390 e. The van der Waals surface area contributed by atoms with E-state index in [1.54, 1.807) is 6.08 Å². The summed E-state index contributed by atoms with van der Waals surface area (Å²) in [5.74, 6) is 0. The standard InChI is InChI=1S/C40H56O3/c1-3-5-7-9-10-11-12-13-14-24-32-37(41)39(43,33-25-8-6-4-2)38(42)40(34-26-18-15-19-27-34,35-28-20-16-21-29-35)36-30-22-17-23-31-36/h15-23,25-31,33,37-38,41-43H,3-14,24,32H2,1-2H3. The van der Waals surface area contributed by atoms with Crippen molar-refractivity contribution in [1.29, 1.82) is 0 Å². The van der Waals surface area contributed by atoms with Gasteiger partial charge in [0.15, 0.2) is 0 Å². The van der Waals surface area contributed by atoms with Crippen molar-refractivity contribution in [2.24, 2.45) is 0 Å². The molecule has 0 heterocycles. The molecule has 0 fully saturated rings. The third-order valence-corrected chi connectivity index (χ3v) is 9.01. The van der Waals surface area contributed by atoms with Gasteiger partial charge in [-0.1, -0.05) is 194 Å². The Labute approximate surface area is 261 Å². The lowest BCUT2D eigenvalue weighted by Crippen LogP contribution is -2.60. The Morgan fingerprint density at radius 3 is 1.37 bits per heavy atom. The topological polar surface area (TPSA) is 60.7 Å². The Balaban J connectivity index is 1.93. The molecule has 0 bridgehead atoms. The van der Waals surface area contributed by atoms with Gasteiger partial charge < -0.3 is 15.3 Å². The van der Waals surface area contributed by atoms with Crippen molar-refractivity contribution < 1.29 is 15.3 Å². The van der Waals surface area contributed by atoms with Gasteiger partial charge in [-0.15, -0.1) is 0 Å². The molecule has 0 saturated carbocycles. The Morgan fingerprint density at radius 1 is 0.558 bits per heavy atom. The lowest BCUT2D eigenvalue weighted by atomic mass is 9.60. The van der Waals surface area contributed by atoms with Crippen LogP contribution in [-0.2, 0) is 5.41 Å². The van der Waals surface area contributed by atoms with Gasteiger partial charge in [-0.25, -0.2) is 0 Å². The Hall–Kier alpha value is -2.72. The highest BCUT2D eigenvalue weighted by atomic mass is 16.4. The van der Waals surface area contributed by atoms with E-state index in [1.807, 2.05) is 97.1 Å². The third-order valence-electron chi connectivity index (χ3n) is 9.01. The van der Waals surface area contributed by atoms with E-state index in [1.165, 1.54) is 44.9 Å². The van der Waals surface area contributed by atoms with E-state index in [0.29, 0.717) is 6.42 Å². The number of rotatable bonds is 21. The maximum Gasteiger partial charge on any atom is 0.136 e. The molecular weight excluding hydrogens is 528 g/mol. The van der Waals surface area contributed by atoms with Gasteiger partial charge in [0.25, 0.3) is 0 Å². The van der Waals surface area contributed by atoms with E-state index in [0.717, 1.165) is 55.2 Å². The molecule has 0 saturated heterocycles. The van der Waals surface area contributed by atoms with E-state index in [9.17, 15) is 15.3 Å². The molecule has 3 unspecified atom stereocenters. The van der Waals surface area contributed by atoms with Crippen LogP contribution in [0.15, 0.2) is 103 Å². The van der Waals surface area contributed by atoms with E-state index >= 15 is 0 Å². The fourth-order valence-corrected chi connectivity index (χ4v) is 6.46. The monoisotopic (exact) mass is 584 g/mol. The summed E-state index contributed by atoms with van der Waals surface area (Å²) >= 11 is 0. The fourth-order valence-electron chi connectivity index (χ4n) is 6.46. The minimum atomic E-state index is -1.87. The molecular formula is C40H56O3. The molecule has 0 spiro atoms. The van der Waals surface area contributed by atoms with Gasteiger partial charge in [-0.05, 0) is 29.5 Å². The summed E-state index contributed by atoms with van der Waals surface area (Å²) in [6.07, 6.45) is 16.4.